The van der Waals surface area contributed by atoms with Crippen LogP contribution in [0.15, 0.2) is 59.5 Å². The predicted octanol–water partition coefficient (Wildman–Crippen LogP) is 3.08. The summed E-state index contributed by atoms with van der Waals surface area (Å²) in [5, 5.41) is 2.80. The number of carbonyl (C=O) groups excluding carboxylic acids is 2. The monoisotopic (exact) mass is 476 g/mol. The van der Waals surface area contributed by atoms with Gasteiger partial charge in [0.05, 0.1) is 5.92 Å². The van der Waals surface area contributed by atoms with Crippen LogP contribution in [0.5, 0.6) is 0 Å². The molecule has 178 valence electrons. The van der Waals surface area contributed by atoms with E-state index in [-0.39, 0.29) is 49.3 Å². The fourth-order valence-corrected chi connectivity index (χ4v) is 5.43. The molecule has 0 spiro atoms. The number of ether oxygens (including phenoxy) is 1. The first-order chi connectivity index (χ1) is 15.8. The van der Waals surface area contributed by atoms with E-state index >= 15 is 0 Å². The largest absolute Gasteiger partial charge is 0.455 e. The van der Waals surface area contributed by atoms with E-state index in [0.29, 0.717) is 6.54 Å². The lowest BCUT2D eigenvalue weighted by molar-refractivity contribution is -0.153. The Kier molecular flexibility index (Phi) is 8.57. The Balaban J connectivity index is 1.44. The highest BCUT2D eigenvalue weighted by atomic mass is 32.2. The standard InChI is InChI=1S/C24H29FN2O5S/c1-2-18(19-8-4-3-5-9-19)16-26-23(28)17-32-24(29)20-12-14-27(15-13-20)33(30,31)22-11-7-6-10-21(22)25/h3-11,18,20H,2,12-17H2,1H3,(H,26,28). The van der Waals surface area contributed by atoms with Crippen LogP contribution in [0.2, 0.25) is 0 Å². The second-order valence-corrected chi connectivity index (χ2v) is 9.94. The maximum Gasteiger partial charge on any atom is 0.309 e. The molecule has 2 aromatic carbocycles. The zero-order chi connectivity index (χ0) is 23.8. The van der Waals surface area contributed by atoms with Crippen LogP contribution in [0.3, 0.4) is 0 Å². The van der Waals surface area contributed by atoms with Crippen LogP contribution in [-0.4, -0.2) is 50.8 Å². The molecule has 33 heavy (non-hydrogen) atoms. The van der Waals surface area contributed by atoms with Crippen molar-refractivity contribution in [2.75, 3.05) is 26.2 Å². The molecule has 2 aromatic rings. The lowest BCUT2D eigenvalue weighted by Crippen LogP contribution is -2.41. The summed E-state index contributed by atoms with van der Waals surface area (Å²) < 4.78 is 45.6. The van der Waals surface area contributed by atoms with Gasteiger partial charge in [-0.1, -0.05) is 49.4 Å². The third-order valence-electron chi connectivity index (χ3n) is 5.90. The molecule has 0 saturated carbocycles. The van der Waals surface area contributed by atoms with Crippen molar-refractivity contribution in [3.8, 4) is 0 Å². The van der Waals surface area contributed by atoms with Crippen molar-refractivity contribution in [3.05, 3.63) is 66.0 Å². The van der Waals surface area contributed by atoms with E-state index in [1.54, 1.807) is 0 Å². The highest BCUT2D eigenvalue weighted by molar-refractivity contribution is 7.89. The van der Waals surface area contributed by atoms with Gasteiger partial charge in [-0.05, 0) is 37.0 Å². The average Bonchev–Trinajstić information content (AvgIpc) is 2.84. The predicted molar refractivity (Wildman–Crippen MR) is 121 cm³/mol. The first kappa shape index (κ1) is 24.9. The van der Waals surface area contributed by atoms with Gasteiger partial charge in [-0.2, -0.15) is 4.31 Å². The van der Waals surface area contributed by atoms with E-state index in [1.165, 1.54) is 22.5 Å². The molecule has 0 aliphatic carbocycles. The smallest absolute Gasteiger partial charge is 0.309 e. The summed E-state index contributed by atoms with van der Waals surface area (Å²) in [6, 6.07) is 15.1. The molecule has 1 unspecified atom stereocenters. The minimum Gasteiger partial charge on any atom is -0.455 e. The number of nitrogens with zero attached hydrogens (tertiary/aromatic N) is 1. The number of nitrogens with one attached hydrogen (secondary N) is 1. The van der Waals surface area contributed by atoms with Gasteiger partial charge in [0.15, 0.2) is 6.61 Å². The molecule has 1 aliphatic heterocycles. The highest BCUT2D eigenvalue weighted by Gasteiger charge is 2.34. The van der Waals surface area contributed by atoms with Crippen LogP contribution in [0, 0.1) is 11.7 Å². The minimum atomic E-state index is -3.97. The Morgan fingerprint density at radius 2 is 1.73 bits per heavy atom. The Labute approximate surface area is 194 Å². The van der Waals surface area contributed by atoms with Gasteiger partial charge in [0.1, 0.15) is 10.7 Å². The first-order valence-corrected chi connectivity index (χ1v) is 12.5. The molecule has 7 nitrogen and oxygen atoms in total. The van der Waals surface area contributed by atoms with Crippen molar-refractivity contribution in [1.29, 1.82) is 0 Å². The fourth-order valence-electron chi connectivity index (χ4n) is 3.89. The van der Waals surface area contributed by atoms with Crippen LogP contribution in [0.1, 0.15) is 37.7 Å². The summed E-state index contributed by atoms with van der Waals surface area (Å²) in [5.41, 5.74) is 1.13. The van der Waals surface area contributed by atoms with E-state index in [2.05, 4.69) is 5.32 Å². The molecule has 1 amide bonds. The summed E-state index contributed by atoms with van der Waals surface area (Å²) in [6.45, 7) is 2.28. The first-order valence-electron chi connectivity index (χ1n) is 11.1. The molecule has 1 atom stereocenters. The average molecular weight is 477 g/mol. The molecule has 0 aromatic heterocycles. The number of carbonyl (C=O) groups is 2. The van der Waals surface area contributed by atoms with E-state index < -0.39 is 27.7 Å². The Bertz CT molecular complexity index is 1050. The van der Waals surface area contributed by atoms with Crippen LogP contribution in [0.4, 0.5) is 4.39 Å². The van der Waals surface area contributed by atoms with Gasteiger partial charge in [0, 0.05) is 25.6 Å². The van der Waals surface area contributed by atoms with Gasteiger partial charge in [-0.3, -0.25) is 9.59 Å². The quantitative estimate of drug-likeness (QED) is 0.562. The number of hydrogen-bond donors (Lipinski definition) is 1. The summed E-state index contributed by atoms with van der Waals surface area (Å²) >= 11 is 0. The second kappa shape index (κ2) is 11.4. The van der Waals surface area contributed by atoms with Crippen molar-refractivity contribution in [1.82, 2.24) is 9.62 Å². The lowest BCUT2D eigenvalue weighted by Gasteiger charge is -2.30. The summed E-state index contributed by atoms with van der Waals surface area (Å²) in [4.78, 5) is 24.1. The second-order valence-electron chi connectivity index (χ2n) is 8.04. The van der Waals surface area contributed by atoms with Gasteiger partial charge in [0.2, 0.25) is 10.0 Å². The molecule has 1 heterocycles. The lowest BCUT2D eigenvalue weighted by atomic mass is 9.96. The van der Waals surface area contributed by atoms with Crippen molar-refractivity contribution < 1.29 is 27.1 Å². The minimum absolute atomic E-state index is 0.0812. The number of piperidine rings is 1. The molecule has 0 bridgehead atoms. The number of sulfonamides is 1. The Morgan fingerprint density at radius 3 is 2.36 bits per heavy atom. The molecule has 1 aliphatic rings. The van der Waals surface area contributed by atoms with E-state index in [9.17, 15) is 22.4 Å². The molecular formula is C24H29FN2O5S. The zero-order valence-corrected chi connectivity index (χ0v) is 19.4. The topological polar surface area (TPSA) is 92.8 Å². The molecular weight excluding hydrogens is 447 g/mol. The molecule has 1 N–H and O–H groups in total. The summed E-state index contributed by atoms with van der Waals surface area (Å²) in [7, 11) is -3.97. The van der Waals surface area contributed by atoms with Crippen LogP contribution < -0.4 is 5.32 Å². The third-order valence-corrected chi connectivity index (χ3v) is 7.83. The maximum absolute atomic E-state index is 13.9. The fraction of sp³-hybridized carbons (Fsp3) is 0.417. The number of hydrogen-bond acceptors (Lipinski definition) is 5. The molecule has 0 radical (unpaired) electrons. The van der Waals surface area contributed by atoms with Gasteiger partial charge in [0.25, 0.3) is 5.91 Å². The Morgan fingerprint density at radius 1 is 1.09 bits per heavy atom. The van der Waals surface area contributed by atoms with Gasteiger partial charge in [-0.15, -0.1) is 0 Å². The highest BCUT2D eigenvalue weighted by Crippen LogP contribution is 2.26. The van der Waals surface area contributed by atoms with E-state index in [4.69, 9.17) is 4.74 Å². The van der Waals surface area contributed by atoms with Gasteiger partial charge < -0.3 is 10.1 Å². The normalized spacial score (nSPS) is 16.2. The third kappa shape index (κ3) is 6.39. The van der Waals surface area contributed by atoms with Crippen molar-refractivity contribution in [3.63, 3.8) is 0 Å². The van der Waals surface area contributed by atoms with Crippen molar-refractivity contribution in [2.45, 2.75) is 37.0 Å². The molecule has 1 fully saturated rings. The summed E-state index contributed by atoms with van der Waals surface area (Å²) in [5.74, 6) is -2.03. The number of rotatable bonds is 9. The van der Waals surface area contributed by atoms with E-state index in [1.807, 2.05) is 37.3 Å². The van der Waals surface area contributed by atoms with Crippen molar-refractivity contribution in [2.24, 2.45) is 5.92 Å². The molecule has 1 saturated heterocycles. The van der Waals surface area contributed by atoms with Crippen LogP contribution >= 0.6 is 0 Å². The molecule has 3 rings (SSSR count). The van der Waals surface area contributed by atoms with Gasteiger partial charge >= 0.3 is 5.97 Å². The van der Waals surface area contributed by atoms with Crippen molar-refractivity contribution >= 4 is 21.9 Å². The SMILES string of the molecule is CCC(CNC(=O)COC(=O)C1CCN(S(=O)(=O)c2ccccc2F)CC1)c1ccccc1. The number of amides is 1. The Hall–Kier alpha value is -2.78. The number of halogens is 1. The number of esters is 1. The maximum atomic E-state index is 13.9. The van der Waals surface area contributed by atoms with Crippen LogP contribution in [-0.2, 0) is 24.3 Å². The van der Waals surface area contributed by atoms with Crippen LogP contribution in [0.25, 0.3) is 0 Å². The number of benzene rings is 2. The van der Waals surface area contributed by atoms with Gasteiger partial charge in [-0.25, -0.2) is 12.8 Å². The molecule has 9 heteroatoms. The summed E-state index contributed by atoms with van der Waals surface area (Å²) in [6.07, 6.45) is 1.36. The zero-order valence-electron chi connectivity index (χ0n) is 18.6. The van der Waals surface area contributed by atoms with E-state index in [0.717, 1.165) is 18.1 Å².